The van der Waals surface area contributed by atoms with Crippen LogP contribution in [0, 0.1) is 10.7 Å². The molecule has 1 saturated heterocycles. The first-order valence-corrected chi connectivity index (χ1v) is 13.5. The predicted molar refractivity (Wildman–Crippen MR) is 132 cm³/mol. The van der Waals surface area contributed by atoms with Gasteiger partial charge >= 0.3 is 13.6 Å². The van der Waals surface area contributed by atoms with Crippen molar-refractivity contribution >= 4 is 25.8 Å². The number of aliphatic hydroxyl groups excluding tert-OH is 1. The van der Waals surface area contributed by atoms with E-state index in [1.807, 2.05) is 0 Å². The van der Waals surface area contributed by atoms with Gasteiger partial charge in [-0.3, -0.25) is 23.7 Å². The van der Waals surface area contributed by atoms with Crippen molar-refractivity contribution in [1.82, 2.24) is 9.55 Å². The first-order chi connectivity index (χ1) is 16.8. The molecule has 3 rings (SSSR count). The lowest BCUT2D eigenvalue weighted by molar-refractivity contribution is -0.151. The van der Waals surface area contributed by atoms with Crippen LogP contribution in [0.25, 0.3) is 0 Å². The first kappa shape index (κ1) is 28.2. The highest BCUT2D eigenvalue weighted by atomic mass is 32.1. The van der Waals surface area contributed by atoms with Crippen LogP contribution >= 0.6 is 19.8 Å². The molecular weight excluding hydrogens is 511 g/mol. The maximum Gasteiger partial charge on any atom is 0.380 e. The number of nitrogens with zero attached hydrogens (tertiary/aromatic N) is 1. The number of aliphatic hydroxyl groups is 2. The summed E-state index contributed by atoms with van der Waals surface area (Å²) in [6.07, 6.45) is -3.08. The summed E-state index contributed by atoms with van der Waals surface area (Å²) in [6.45, 7) is 5.88. The van der Waals surface area contributed by atoms with E-state index in [-0.39, 0.29) is 22.8 Å². The molecular formula is C23H31N2O9PS. The molecule has 0 spiro atoms. The molecule has 0 saturated carbocycles. The second-order valence-electron chi connectivity index (χ2n) is 9.10. The number of esters is 1. The molecule has 1 aliphatic heterocycles. The Morgan fingerprint density at radius 3 is 2.56 bits per heavy atom. The Balaban J connectivity index is 1.80. The summed E-state index contributed by atoms with van der Waals surface area (Å²) in [5.74, 6) is -1.10. The lowest BCUT2D eigenvalue weighted by Crippen LogP contribution is -2.44. The molecule has 1 aliphatic rings. The summed E-state index contributed by atoms with van der Waals surface area (Å²) < 4.78 is 37.4. The number of ether oxygens (including phenoxy) is 2. The largest absolute Gasteiger partial charge is 0.463 e. The molecule has 2 unspecified atom stereocenters. The molecule has 13 heteroatoms. The summed E-state index contributed by atoms with van der Waals surface area (Å²) in [5, 5.41) is 21.7. The van der Waals surface area contributed by atoms with Crippen molar-refractivity contribution in [2.75, 3.05) is 12.8 Å². The Hall–Kier alpha value is -2.34. The monoisotopic (exact) mass is 542 g/mol. The molecule has 11 nitrogen and oxygen atoms in total. The standard InChI is InChI=1S/C23H31N2O9PS/c1-14(2)32-20(28)15(3)13-35(30,34-16-8-6-5-7-9-16)31-12-17-19(27)23(4,29)21(33-17)25-11-10-18(26)24-22(25)36/h5-11,14-15,17,19,21,27,29H,12-13H2,1-4H3,(H,24,26,36)/t15-,17-,19?,21-,23-,35?/m1/s1. The normalized spacial score (nSPS) is 26.4. The number of aromatic nitrogens is 2. The van der Waals surface area contributed by atoms with Crippen molar-refractivity contribution in [3.8, 4) is 5.75 Å². The zero-order valence-electron chi connectivity index (χ0n) is 20.4. The van der Waals surface area contributed by atoms with Crippen molar-refractivity contribution in [2.45, 2.75) is 57.8 Å². The Morgan fingerprint density at radius 2 is 1.94 bits per heavy atom. The van der Waals surface area contributed by atoms with Crippen LogP contribution in [0.3, 0.4) is 0 Å². The third kappa shape index (κ3) is 6.70. The Labute approximate surface area is 213 Å². The van der Waals surface area contributed by atoms with Crippen LogP contribution in [-0.2, 0) is 23.4 Å². The van der Waals surface area contributed by atoms with E-state index in [2.05, 4.69) is 4.98 Å². The van der Waals surface area contributed by atoms with Crippen LogP contribution in [0.1, 0.15) is 33.9 Å². The molecule has 198 valence electrons. The molecule has 1 aromatic carbocycles. The van der Waals surface area contributed by atoms with E-state index >= 15 is 0 Å². The first-order valence-electron chi connectivity index (χ1n) is 11.4. The lowest BCUT2D eigenvalue weighted by atomic mass is 9.96. The second kappa shape index (κ2) is 11.4. The van der Waals surface area contributed by atoms with Crippen molar-refractivity contribution in [3.05, 3.63) is 57.7 Å². The minimum Gasteiger partial charge on any atom is -0.463 e. The fourth-order valence-electron chi connectivity index (χ4n) is 3.69. The van der Waals surface area contributed by atoms with Gasteiger partial charge in [0.15, 0.2) is 11.0 Å². The molecule has 1 aromatic heterocycles. The number of benzene rings is 1. The summed E-state index contributed by atoms with van der Waals surface area (Å²) in [5.41, 5.74) is -2.26. The van der Waals surface area contributed by atoms with Gasteiger partial charge in [0.1, 0.15) is 23.6 Å². The maximum atomic E-state index is 13.7. The van der Waals surface area contributed by atoms with Crippen LogP contribution in [0.5, 0.6) is 5.75 Å². The molecule has 2 heterocycles. The number of carbonyl (C=O) groups excluding carboxylic acids is 1. The summed E-state index contributed by atoms with van der Waals surface area (Å²) in [4.78, 5) is 26.3. The quantitative estimate of drug-likeness (QED) is 0.232. The van der Waals surface area contributed by atoms with Crippen LogP contribution in [0.4, 0.5) is 0 Å². The molecule has 6 atom stereocenters. The third-order valence-electron chi connectivity index (χ3n) is 5.53. The van der Waals surface area contributed by atoms with Gasteiger partial charge in [0.05, 0.1) is 24.8 Å². The fraction of sp³-hybridized carbons (Fsp3) is 0.522. The molecule has 2 aromatic rings. The number of nitrogens with one attached hydrogen (secondary N) is 1. The number of para-hydroxylation sites is 1. The highest BCUT2D eigenvalue weighted by molar-refractivity contribution is 7.71. The van der Waals surface area contributed by atoms with E-state index in [1.54, 1.807) is 51.1 Å². The number of aromatic amines is 1. The SMILES string of the molecule is CC(C)OC(=O)[C@H](C)CP(=O)(OC[C@H]1O[C@@H](n2ccc(=O)[nH]c2=S)[C@](C)(O)C1O)Oc1ccccc1. The average Bonchev–Trinajstić information content (AvgIpc) is 3.01. The van der Waals surface area contributed by atoms with Gasteiger partial charge < -0.3 is 24.2 Å². The molecule has 36 heavy (non-hydrogen) atoms. The lowest BCUT2D eigenvalue weighted by Gasteiger charge is -2.28. The number of hydrogen-bond donors (Lipinski definition) is 3. The smallest absolute Gasteiger partial charge is 0.380 e. The van der Waals surface area contributed by atoms with Crippen LogP contribution < -0.4 is 10.1 Å². The molecule has 3 N–H and O–H groups in total. The Kier molecular flexibility index (Phi) is 8.92. The van der Waals surface area contributed by atoms with Crippen LogP contribution in [0.15, 0.2) is 47.4 Å². The van der Waals surface area contributed by atoms with Gasteiger partial charge in [-0.05, 0) is 45.1 Å². The van der Waals surface area contributed by atoms with Gasteiger partial charge in [-0.2, -0.15) is 0 Å². The van der Waals surface area contributed by atoms with E-state index in [0.717, 1.165) is 0 Å². The van der Waals surface area contributed by atoms with E-state index in [1.165, 1.54) is 23.8 Å². The number of rotatable bonds is 10. The predicted octanol–water partition coefficient (Wildman–Crippen LogP) is 2.79. The van der Waals surface area contributed by atoms with E-state index in [4.69, 9.17) is 30.7 Å². The van der Waals surface area contributed by atoms with Crippen molar-refractivity contribution in [2.24, 2.45) is 5.92 Å². The summed E-state index contributed by atoms with van der Waals surface area (Å²) >= 11 is 5.15. The molecule has 0 amide bonds. The zero-order valence-corrected chi connectivity index (χ0v) is 22.1. The van der Waals surface area contributed by atoms with Crippen LogP contribution in [-0.4, -0.2) is 62.4 Å². The number of hydrogen-bond acceptors (Lipinski definition) is 10. The third-order valence-corrected chi connectivity index (χ3v) is 7.87. The minimum atomic E-state index is -3.97. The van der Waals surface area contributed by atoms with Gasteiger partial charge in [0.2, 0.25) is 0 Å². The maximum absolute atomic E-state index is 13.7. The van der Waals surface area contributed by atoms with Crippen molar-refractivity contribution < 1.29 is 38.1 Å². The van der Waals surface area contributed by atoms with Crippen molar-refractivity contribution in [1.29, 1.82) is 0 Å². The molecule has 0 radical (unpaired) electrons. The highest BCUT2D eigenvalue weighted by Gasteiger charge is 2.53. The summed E-state index contributed by atoms with van der Waals surface area (Å²) in [7, 11) is -3.97. The van der Waals surface area contributed by atoms with Gasteiger partial charge in [0, 0.05) is 12.3 Å². The van der Waals surface area contributed by atoms with Gasteiger partial charge in [-0.25, -0.2) is 4.57 Å². The van der Waals surface area contributed by atoms with Gasteiger partial charge in [0.25, 0.3) is 5.56 Å². The Bertz CT molecular complexity index is 1210. The van der Waals surface area contributed by atoms with Crippen molar-refractivity contribution in [3.63, 3.8) is 0 Å². The topological polar surface area (TPSA) is 149 Å². The van der Waals surface area contributed by atoms with Crippen LogP contribution in [0.2, 0.25) is 0 Å². The number of carbonyl (C=O) groups is 1. The van der Waals surface area contributed by atoms with Gasteiger partial charge in [-0.15, -0.1) is 0 Å². The average molecular weight is 543 g/mol. The minimum absolute atomic E-state index is 0.0166. The van der Waals surface area contributed by atoms with E-state index in [9.17, 15) is 24.4 Å². The highest BCUT2D eigenvalue weighted by Crippen LogP contribution is 2.51. The van der Waals surface area contributed by atoms with Gasteiger partial charge in [-0.1, -0.05) is 25.1 Å². The number of H-pyrrole nitrogens is 1. The zero-order chi connectivity index (χ0) is 26.7. The fourth-order valence-corrected chi connectivity index (χ4v) is 5.82. The molecule has 0 bridgehead atoms. The van der Waals surface area contributed by atoms with E-state index < -0.39 is 55.7 Å². The molecule has 0 aliphatic carbocycles. The summed E-state index contributed by atoms with van der Waals surface area (Å²) in [6, 6.07) is 9.52. The molecule has 1 fully saturated rings. The van der Waals surface area contributed by atoms with E-state index in [0.29, 0.717) is 0 Å². The Morgan fingerprint density at radius 1 is 1.28 bits per heavy atom. The second-order valence-corrected chi connectivity index (χ2v) is 11.5.